The molecule has 1 rings (SSSR count). The van der Waals surface area contributed by atoms with Crippen LogP contribution in [-0.4, -0.2) is 16.3 Å². The molecule has 0 unspecified atom stereocenters. The van der Waals surface area contributed by atoms with Crippen molar-refractivity contribution in [2.24, 2.45) is 5.73 Å². The standard InChI is InChI=1S/C8H11BrN2O2/c9-7-3-6(4-10)8(13)11(5-7)1-2-12/h3,5,12H,1-2,4,10H2. The Hall–Kier alpha value is -0.650. The van der Waals surface area contributed by atoms with Gasteiger partial charge in [-0.05, 0) is 22.0 Å². The Morgan fingerprint density at radius 2 is 2.31 bits per heavy atom. The number of hydrogen-bond donors (Lipinski definition) is 2. The van der Waals surface area contributed by atoms with E-state index in [1.807, 2.05) is 0 Å². The zero-order valence-corrected chi connectivity index (χ0v) is 8.62. The van der Waals surface area contributed by atoms with Gasteiger partial charge in [-0.1, -0.05) is 0 Å². The van der Waals surface area contributed by atoms with Gasteiger partial charge in [-0.2, -0.15) is 0 Å². The van der Waals surface area contributed by atoms with Crippen molar-refractivity contribution in [1.82, 2.24) is 4.57 Å². The van der Waals surface area contributed by atoms with E-state index in [4.69, 9.17) is 10.8 Å². The normalized spacial score (nSPS) is 10.4. The van der Waals surface area contributed by atoms with E-state index in [-0.39, 0.29) is 18.7 Å². The quantitative estimate of drug-likeness (QED) is 0.793. The zero-order chi connectivity index (χ0) is 9.84. The van der Waals surface area contributed by atoms with E-state index in [2.05, 4.69) is 15.9 Å². The third-order valence-corrected chi connectivity index (χ3v) is 2.12. The SMILES string of the molecule is NCc1cc(Br)cn(CCO)c1=O. The second-order valence-electron chi connectivity index (χ2n) is 2.61. The van der Waals surface area contributed by atoms with Crippen molar-refractivity contribution in [3.63, 3.8) is 0 Å². The molecule has 0 radical (unpaired) electrons. The highest BCUT2D eigenvalue weighted by molar-refractivity contribution is 9.10. The Bertz CT molecular complexity index is 348. The van der Waals surface area contributed by atoms with Gasteiger partial charge in [0.15, 0.2) is 0 Å². The summed E-state index contributed by atoms with van der Waals surface area (Å²) in [4.78, 5) is 11.5. The summed E-state index contributed by atoms with van der Waals surface area (Å²) in [6.07, 6.45) is 1.64. The van der Waals surface area contributed by atoms with Crippen molar-refractivity contribution in [2.45, 2.75) is 13.1 Å². The van der Waals surface area contributed by atoms with Crippen molar-refractivity contribution < 1.29 is 5.11 Å². The molecule has 5 heteroatoms. The summed E-state index contributed by atoms with van der Waals surface area (Å²) in [5.41, 5.74) is 5.79. The second-order valence-corrected chi connectivity index (χ2v) is 3.53. The van der Waals surface area contributed by atoms with Gasteiger partial charge in [-0.3, -0.25) is 4.79 Å². The number of halogens is 1. The first-order valence-corrected chi connectivity index (χ1v) is 4.68. The number of nitrogens with two attached hydrogens (primary N) is 1. The van der Waals surface area contributed by atoms with Crippen LogP contribution in [0.1, 0.15) is 5.56 Å². The molecule has 13 heavy (non-hydrogen) atoms. The van der Waals surface area contributed by atoms with Gasteiger partial charge in [0.25, 0.3) is 5.56 Å². The van der Waals surface area contributed by atoms with Crippen LogP contribution in [0.15, 0.2) is 21.5 Å². The number of pyridine rings is 1. The predicted molar refractivity (Wildman–Crippen MR) is 53.4 cm³/mol. The first-order valence-electron chi connectivity index (χ1n) is 3.89. The van der Waals surface area contributed by atoms with Crippen LogP contribution in [0.2, 0.25) is 0 Å². The highest BCUT2D eigenvalue weighted by Crippen LogP contribution is 2.08. The molecular weight excluding hydrogens is 236 g/mol. The van der Waals surface area contributed by atoms with E-state index < -0.39 is 0 Å². The lowest BCUT2D eigenvalue weighted by Crippen LogP contribution is -2.26. The Balaban J connectivity index is 3.19. The molecule has 1 aromatic rings. The van der Waals surface area contributed by atoms with Crippen LogP contribution in [-0.2, 0) is 13.1 Å². The number of aliphatic hydroxyl groups excluding tert-OH is 1. The van der Waals surface area contributed by atoms with Crippen molar-refractivity contribution in [3.8, 4) is 0 Å². The third kappa shape index (κ3) is 2.40. The Labute approximate surface area is 84.1 Å². The molecule has 0 atom stereocenters. The average molecular weight is 247 g/mol. The maximum absolute atomic E-state index is 11.5. The Morgan fingerprint density at radius 3 is 2.85 bits per heavy atom. The summed E-state index contributed by atoms with van der Waals surface area (Å²) in [5.74, 6) is 0. The first kappa shape index (κ1) is 10.4. The molecule has 1 aromatic heterocycles. The molecule has 3 N–H and O–H groups in total. The molecule has 0 aromatic carbocycles. The Morgan fingerprint density at radius 1 is 1.62 bits per heavy atom. The van der Waals surface area contributed by atoms with Crippen LogP contribution in [0.3, 0.4) is 0 Å². The fraction of sp³-hybridized carbons (Fsp3) is 0.375. The second kappa shape index (κ2) is 4.55. The zero-order valence-electron chi connectivity index (χ0n) is 7.03. The monoisotopic (exact) mass is 246 g/mol. The summed E-state index contributed by atoms with van der Waals surface area (Å²) in [6, 6.07) is 1.69. The van der Waals surface area contributed by atoms with Gasteiger partial charge in [-0.15, -0.1) is 0 Å². The summed E-state index contributed by atoms with van der Waals surface area (Å²) in [5, 5.41) is 8.69. The maximum Gasteiger partial charge on any atom is 0.255 e. The van der Waals surface area contributed by atoms with Crippen LogP contribution in [0.25, 0.3) is 0 Å². The average Bonchev–Trinajstić information content (AvgIpc) is 2.11. The molecule has 0 spiro atoms. The summed E-state index contributed by atoms with van der Waals surface area (Å²) in [7, 11) is 0. The van der Waals surface area contributed by atoms with Crippen LogP contribution in [0.5, 0.6) is 0 Å². The van der Waals surface area contributed by atoms with Gasteiger partial charge < -0.3 is 15.4 Å². The minimum atomic E-state index is -0.139. The fourth-order valence-corrected chi connectivity index (χ4v) is 1.60. The number of hydrogen-bond acceptors (Lipinski definition) is 3. The van der Waals surface area contributed by atoms with E-state index in [9.17, 15) is 4.79 Å². The molecule has 4 nitrogen and oxygen atoms in total. The number of nitrogens with zero attached hydrogens (tertiary/aromatic N) is 1. The predicted octanol–water partition coefficient (Wildman–Crippen LogP) is 0.0618. The molecule has 0 saturated carbocycles. The molecule has 0 amide bonds. The lowest BCUT2D eigenvalue weighted by Gasteiger charge is -2.06. The van der Waals surface area contributed by atoms with Crippen molar-refractivity contribution >= 4 is 15.9 Å². The first-order chi connectivity index (χ1) is 6.19. The third-order valence-electron chi connectivity index (χ3n) is 1.69. The molecular formula is C8H11BrN2O2. The van der Waals surface area contributed by atoms with Gasteiger partial charge in [0.2, 0.25) is 0 Å². The van der Waals surface area contributed by atoms with E-state index in [0.29, 0.717) is 12.1 Å². The van der Waals surface area contributed by atoms with Crippen LogP contribution in [0, 0.1) is 0 Å². The topological polar surface area (TPSA) is 68.2 Å². The van der Waals surface area contributed by atoms with Gasteiger partial charge in [0.1, 0.15) is 0 Å². The van der Waals surface area contributed by atoms with E-state index in [0.717, 1.165) is 4.47 Å². The molecule has 0 saturated heterocycles. The number of rotatable bonds is 3. The van der Waals surface area contributed by atoms with Crippen molar-refractivity contribution in [2.75, 3.05) is 6.61 Å². The summed E-state index contributed by atoms with van der Waals surface area (Å²) >= 11 is 3.26. The lowest BCUT2D eigenvalue weighted by molar-refractivity contribution is 0.274. The lowest BCUT2D eigenvalue weighted by atomic mass is 10.3. The van der Waals surface area contributed by atoms with Gasteiger partial charge in [-0.25, -0.2) is 0 Å². The molecule has 0 aliphatic carbocycles. The molecule has 1 heterocycles. The van der Waals surface area contributed by atoms with Crippen LogP contribution < -0.4 is 11.3 Å². The maximum atomic E-state index is 11.5. The highest BCUT2D eigenvalue weighted by Gasteiger charge is 2.03. The molecule has 0 fully saturated rings. The number of aliphatic hydroxyl groups is 1. The van der Waals surface area contributed by atoms with Gasteiger partial charge >= 0.3 is 0 Å². The summed E-state index contributed by atoms with van der Waals surface area (Å²) in [6.45, 7) is 0.454. The largest absolute Gasteiger partial charge is 0.395 e. The van der Waals surface area contributed by atoms with Crippen molar-refractivity contribution in [1.29, 1.82) is 0 Å². The minimum absolute atomic E-state index is 0.0552. The Kier molecular flexibility index (Phi) is 3.65. The smallest absolute Gasteiger partial charge is 0.255 e. The fourth-order valence-electron chi connectivity index (χ4n) is 1.08. The van der Waals surface area contributed by atoms with Crippen LogP contribution >= 0.6 is 15.9 Å². The molecule has 72 valence electrons. The molecule has 0 aliphatic heterocycles. The van der Waals surface area contributed by atoms with E-state index in [1.165, 1.54) is 4.57 Å². The van der Waals surface area contributed by atoms with Crippen molar-refractivity contribution in [3.05, 3.63) is 32.7 Å². The van der Waals surface area contributed by atoms with Gasteiger partial charge in [0, 0.05) is 29.3 Å². The highest BCUT2D eigenvalue weighted by atomic mass is 79.9. The van der Waals surface area contributed by atoms with E-state index in [1.54, 1.807) is 12.3 Å². The number of aromatic nitrogens is 1. The molecule has 0 bridgehead atoms. The molecule has 0 aliphatic rings. The van der Waals surface area contributed by atoms with E-state index >= 15 is 0 Å². The van der Waals surface area contributed by atoms with Crippen LogP contribution in [0.4, 0.5) is 0 Å². The van der Waals surface area contributed by atoms with Gasteiger partial charge in [0.05, 0.1) is 6.61 Å². The summed E-state index contributed by atoms with van der Waals surface area (Å²) < 4.78 is 2.23. The minimum Gasteiger partial charge on any atom is -0.395 e.